The van der Waals surface area contributed by atoms with Crippen LogP contribution >= 0.6 is 0 Å². The van der Waals surface area contributed by atoms with Gasteiger partial charge in [-0.3, -0.25) is 0 Å². The highest BCUT2D eigenvalue weighted by molar-refractivity contribution is 6.06. The molecule has 0 saturated heterocycles. The van der Waals surface area contributed by atoms with Crippen LogP contribution in [-0.2, 0) is 31.9 Å². The first-order chi connectivity index (χ1) is 18.4. The van der Waals surface area contributed by atoms with Crippen LogP contribution in [0.4, 0.5) is 17.1 Å². The van der Waals surface area contributed by atoms with Gasteiger partial charge in [-0.05, 0) is 93.0 Å². The third kappa shape index (κ3) is 7.00. The van der Waals surface area contributed by atoms with Gasteiger partial charge in [0.25, 0.3) is 0 Å². The first-order valence-corrected chi connectivity index (χ1v) is 13.2. The highest BCUT2D eigenvalue weighted by Gasteiger charge is 2.19. The summed E-state index contributed by atoms with van der Waals surface area (Å²) in [7, 11) is 0. The predicted molar refractivity (Wildman–Crippen MR) is 152 cm³/mol. The fourth-order valence-electron chi connectivity index (χ4n) is 4.38. The average molecular weight is 510 g/mol. The van der Waals surface area contributed by atoms with Crippen molar-refractivity contribution in [2.24, 2.45) is 0 Å². The molecule has 0 fully saturated rings. The van der Waals surface area contributed by atoms with Crippen LogP contribution in [0.3, 0.4) is 0 Å². The van der Waals surface area contributed by atoms with Gasteiger partial charge in [-0.1, -0.05) is 55.1 Å². The van der Waals surface area contributed by atoms with Crippen molar-refractivity contribution >= 4 is 29.0 Å². The summed E-state index contributed by atoms with van der Waals surface area (Å²) in [4.78, 5) is 26.8. The van der Waals surface area contributed by atoms with Crippen molar-refractivity contribution in [2.75, 3.05) is 18.1 Å². The van der Waals surface area contributed by atoms with E-state index in [0.717, 1.165) is 42.7 Å². The van der Waals surface area contributed by atoms with Gasteiger partial charge < -0.3 is 14.4 Å². The topological polar surface area (TPSA) is 55.8 Å². The van der Waals surface area contributed by atoms with Gasteiger partial charge in [0.05, 0.1) is 24.4 Å². The smallest absolute Gasteiger partial charge is 0.338 e. The van der Waals surface area contributed by atoms with E-state index in [2.05, 4.69) is 97.8 Å². The molecular weight excluding hydrogens is 474 g/mol. The lowest BCUT2D eigenvalue weighted by molar-refractivity contribution is -0.142. The molecule has 3 heterocycles. The van der Waals surface area contributed by atoms with Crippen molar-refractivity contribution in [1.29, 1.82) is 0 Å². The molecule has 4 bridgehead atoms. The monoisotopic (exact) mass is 509 g/mol. The second-order valence-corrected chi connectivity index (χ2v) is 9.65. The molecule has 0 unspecified atom stereocenters. The molecule has 0 spiro atoms. The van der Waals surface area contributed by atoms with Gasteiger partial charge in [-0.2, -0.15) is 0 Å². The summed E-state index contributed by atoms with van der Waals surface area (Å²) in [6.07, 6.45) is 4.89. The molecule has 3 aliphatic rings. The van der Waals surface area contributed by atoms with E-state index in [1.807, 2.05) is 0 Å². The molecule has 0 atom stereocenters. The van der Waals surface area contributed by atoms with Crippen LogP contribution in [0.1, 0.15) is 42.4 Å². The SMILES string of the molecule is C=C1C(=C)C(=O)OCCCCc2ccc(cc2)N(c2ccc(C)cc2)c2ccc(cc2)CCCCOC1=O. The summed E-state index contributed by atoms with van der Waals surface area (Å²) in [5, 5.41) is 0. The zero-order valence-corrected chi connectivity index (χ0v) is 22.1. The number of rotatable bonds is 1. The van der Waals surface area contributed by atoms with Crippen molar-refractivity contribution < 1.29 is 19.1 Å². The fraction of sp³-hybridized carbons (Fsp3) is 0.273. The fourth-order valence-corrected chi connectivity index (χ4v) is 4.38. The first-order valence-electron chi connectivity index (χ1n) is 13.2. The van der Waals surface area contributed by atoms with Gasteiger partial charge in [0.15, 0.2) is 0 Å². The lowest BCUT2D eigenvalue weighted by Crippen LogP contribution is -2.16. The van der Waals surface area contributed by atoms with E-state index >= 15 is 0 Å². The lowest BCUT2D eigenvalue weighted by Gasteiger charge is -2.26. The number of carbonyl (C=O) groups excluding carboxylic acids is 2. The molecule has 0 amide bonds. The van der Waals surface area contributed by atoms with Gasteiger partial charge in [-0.25, -0.2) is 9.59 Å². The van der Waals surface area contributed by atoms with Crippen molar-refractivity contribution in [3.05, 3.63) is 114 Å². The minimum atomic E-state index is -0.630. The molecule has 3 aromatic carbocycles. The molecular formula is C33H35NO4. The summed E-state index contributed by atoms with van der Waals surface area (Å²) in [6, 6.07) is 25.8. The Bertz CT molecular complexity index is 1190. The summed E-state index contributed by atoms with van der Waals surface area (Å²) < 4.78 is 10.6. The Hall–Kier alpha value is -4.12. The number of hydrogen-bond donors (Lipinski definition) is 0. The molecule has 0 aliphatic carbocycles. The molecule has 3 aliphatic heterocycles. The van der Waals surface area contributed by atoms with E-state index in [1.165, 1.54) is 16.7 Å². The molecule has 6 rings (SSSR count). The molecule has 5 nitrogen and oxygen atoms in total. The van der Waals surface area contributed by atoms with Crippen molar-refractivity contribution in [1.82, 2.24) is 0 Å². The minimum Gasteiger partial charge on any atom is -0.462 e. The van der Waals surface area contributed by atoms with Crippen molar-refractivity contribution in [3.63, 3.8) is 0 Å². The summed E-state index contributed by atoms with van der Waals surface area (Å²) in [5.74, 6) is -1.26. The number of fused-ring (bicyclic) bond motifs is 2. The molecule has 0 saturated carbocycles. The minimum absolute atomic E-state index is 0.0535. The number of carbonyl (C=O) groups is 2. The van der Waals surface area contributed by atoms with Gasteiger partial charge in [0.2, 0.25) is 0 Å². The van der Waals surface area contributed by atoms with Crippen LogP contribution in [0, 0.1) is 6.92 Å². The maximum absolute atomic E-state index is 12.3. The number of nitrogens with zero attached hydrogens (tertiary/aromatic N) is 1. The van der Waals surface area contributed by atoms with Crippen LogP contribution in [0.5, 0.6) is 0 Å². The Morgan fingerprint density at radius 3 is 1.34 bits per heavy atom. The van der Waals surface area contributed by atoms with Crippen LogP contribution in [-0.4, -0.2) is 25.2 Å². The van der Waals surface area contributed by atoms with Crippen molar-refractivity contribution in [3.8, 4) is 0 Å². The number of ether oxygens (including phenoxy) is 2. The quantitative estimate of drug-likeness (QED) is 0.254. The second-order valence-electron chi connectivity index (χ2n) is 9.65. The van der Waals surface area contributed by atoms with E-state index in [4.69, 9.17) is 9.47 Å². The summed E-state index contributed by atoms with van der Waals surface area (Å²) >= 11 is 0. The zero-order valence-electron chi connectivity index (χ0n) is 22.1. The Morgan fingerprint density at radius 1 is 0.579 bits per heavy atom. The van der Waals surface area contributed by atoms with Gasteiger partial charge >= 0.3 is 11.9 Å². The largest absolute Gasteiger partial charge is 0.462 e. The predicted octanol–water partition coefficient (Wildman–Crippen LogP) is 7.32. The van der Waals surface area contributed by atoms with E-state index in [-0.39, 0.29) is 24.4 Å². The number of hydrogen-bond acceptors (Lipinski definition) is 5. The maximum atomic E-state index is 12.3. The third-order valence-electron chi connectivity index (χ3n) is 6.72. The first kappa shape index (κ1) is 26.9. The molecule has 5 heteroatoms. The molecule has 0 N–H and O–H groups in total. The van der Waals surface area contributed by atoms with Gasteiger partial charge in [0.1, 0.15) is 0 Å². The van der Waals surface area contributed by atoms with E-state index in [9.17, 15) is 9.59 Å². The molecule has 0 radical (unpaired) electrons. The van der Waals surface area contributed by atoms with Crippen LogP contribution in [0.25, 0.3) is 0 Å². The third-order valence-corrected chi connectivity index (χ3v) is 6.72. The standard InChI is InChI=1S/C33H35NO4/c1-24-10-16-29(17-11-24)34-30-18-12-27(13-19-30)8-4-6-22-37-32(35)25(2)26(3)33(36)38-23-7-5-9-28-14-20-31(34)21-15-28/h10-21H,2-9,22-23H2,1H3. The zero-order chi connectivity index (χ0) is 26.9. The second kappa shape index (κ2) is 12.9. The van der Waals surface area contributed by atoms with Crippen molar-refractivity contribution in [2.45, 2.75) is 45.4 Å². The van der Waals surface area contributed by atoms with E-state index in [1.54, 1.807) is 0 Å². The molecule has 196 valence electrons. The average Bonchev–Trinajstić information content (AvgIpc) is 2.94. The Morgan fingerprint density at radius 2 is 0.947 bits per heavy atom. The van der Waals surface area contributed by atoms with E-state index in [0.29, 0.717) is 12.8 Å². The van der Waals surface area contributed by atoms with Gasteiger partial charge in [0, 0.05) is 17.1 Å². The van der Waals surface area contributed by atoms with E-state index < -0.39 is 11.9 Å². The van der Waals surface area contributed by atoms with Crippen LogP contribution in [0.15, 0.2) is 97.1 Å². The normalized spacial score (nSPS) is 16.3. The Labute approximate surface area is 225 Å². The Balaban J connectivity index is 1.56. The maximum Gasteiger partial charge on any atom is 0.338 e. The number of aryl methyl sites for hydroxylation is 3. The number of anilines is 3. The molecule has 38 heavy (non-hydrogen) atoms. The number of esters is 2. The Kier molecular flexibility index (Phi) is 9.15. The lowest BCUT2D eigenvalue weighted by atomic mass is 10.1. The highest BCUT2D eigenvalue weighted by atomic mass is 16.5. The highest BCUT2D eigenvalue weighted by Crippen LogP contribution is 2.35. The van der Waals surface area contributed by atoms with Gasteiger partial charge in [-0.15, -0.1) is 0 Å². The molecule has 0 aromatic heterocycles. The molecule has 3 aromatic rings. The van der Waals surface area contributed by atoms with Crippen LogP contribution in [0.2, 0.25) is 0 Å². The number of benzene rings is 3. The summed E-state index contributed by atoms with van der Waals surface area (Å²) in [6.45, 7) is 9.96. The summed E-state index contributed by atoms with van der Waals surface area (Å²) in [5.41, 5.74) is 6.85. The van der Waals surface area contributed by atoms with Crippen LogP contribution < -0.4 is 4.90 Å².